The van der Waals surface area contributed by atoms with E-state index in [1.807, 2.05) is 18.2 Å². The van der Waals surface area contributed by atoms with E-state index >= 15 is 0 Å². The summed E-state index contributed by atoms with van der Waals surface area (Å²) in [5.74, 6) is 7.06. The lowest BCUT2D eigenvalue weighted by molar-refractivity contribution is 0.0591. The molecule has 6 nitrogen and oxygen atoms in total. The molecule has 200 valence electrons. The molecule has 1 unspecified atom stereocenters. The number of hydrogen-bond donors (Lipinski definition) is 2. The molecule has 2 N–H and O–H groups in total. The molecule has 0 bridgehead atoms. The van der Waals surface area contributed by atoms with E-state index in [4.69, 9.17) is 26.3 Å². The lowest BCUT2D eigenvalue weighted by atomic mass is 9.73. The fourth-order valence-corrected chi connectivity index (χ4v) is 7.24. The van der Waals surface area contributed by atoms with Crippen LogP contribution in [0.1, 0.15) is 42.5 Å². The summed E-state index contributed by atoms with van der Waals surface area (Å²) in [6.07, 6.45) is 4.76. The number of rotatable bonds is 9. The molecule has 3 aliphatic rings. The average Bonchev–Trinajstić information content (AvgIpc) is 3.62. The van der Waals surface area contributed by atoms with Crippen LogP contribution in [0, 0.1) is 0 Å². The van der Waals surface area contributed by atoms with Crippen LogP contribution in [-0.2, 0) is 23.2 Å². The van der Waals surface area contributed by atoms with Crippen molar-refractivity contribution in [1.29, 1.82) is 0 Å². The summed E-state index contributed by atoms with van der Waals surface area (Å²) < 4.78 is 6.33. The highest BCUT2D eigenvalue weighted by molar-refractivity contribution is 8.14. The van der Waals surface area contributed by atoms with Gasteiger partial charge in [0.1, 0.15) is 5.82 Å². The largest absolute Gasteiger partial charge is 0.394 e. The molecule has 1 aliphatic carbocycles. The van der Waals surface area contributed by atoms with Crippen molar-refractivity contribution >= 4 is 39.7 Å². The van der Waals surface area contributed by atoms with E-state index in [1.165, 1.54) is 11.1 Å². The van der Waals surface area contributed by atoms with Crippen molar-refractivity contribution in [3.05, 3.63) is 76.4 Å². The Morgan fingerprint density at radius 3 is 2.45 bits per heavy atom. The van der Waals surface area contributed by atoms with Gasteiger partial charge in [0, 0.05) is 23.5 Å². The zero-order valence-electron chi connectivity index (χ0n) is 21.7. The molecule has 2 aliphatic heterocycles. The van der Waals surface area contributed by atoms with Crippen molar-refractivity contribution in [1.82, 2.24) is 9.97 Å². The molecule has 0 spiro atoms. The topological polar surface area (TPSA) is 70.5 Å². The first-order valence-corrected chi connectivity index (χ1v) is 15.4. The van der Waals surface area contributed by atoms with Crippen LogP contribution in [0.25, 0.3) is 0 Å². The molecule has 1 saturated heterocycles. The van der Waals surface area contributed by atoms with E-state index in [0.717, 1.165) is 78.3 Å². The number of nitrogens with one attached hydrogen (secondary N) is 1. The Labute approximate surface area is 232 Å². The Morgan fingerprint density at radius 2 is 1.76 bits per heavy atom. The van der Waals surface area contributed by atoms with Gasteiger partial charge in [0.15, 0.2) is 0 Å². The molecule has 8 heteroatoms. The van der Waals surface area contributed by atoms with Gasteiger partial charge in [0.25, 0.3) is 0 Å². The van der Waals surface area contributed by atoms with Crippen molar-refractivity contribution < 1.29 is 9.84 Å². The number of aliphatic hydroxyl groups is 1. The van der Waals surface area contributed by atoms with Gasteiger partial charge in [-0.05, 0) is 61.1 Å². The van der Waals surface area contributed by atoms with Crippen molar-refractivity contribution in [2.24, 2.45) is 0 Å². The number of nitrogens with zero attached hydrogens (tertiary/aromatic N) is 3. The smallest absolute Gasteiger partial charge is 0.227 e. The van der Waals surface area contributed by atoms with E-state index in [-0.39, 0.29) is 28.0 Å². The summed E-state index contributed by atoms with van der Waals surface area (Å²) in [7, 11) is -0.106. The summed E-state index contributed by atoms with van der Waals surface area (Å²) in [6.45, 7) is 3.07. The molecular formula is C30H35ClN4O2S. The van der Waals surface area contributed by atoms with E-state index in [1.54, 1.807) is 0 Å². The minimum absolute atomic E-state index is 0.0948. The quantitative estimate of drug-likeness (QED) is 0.346. The number of fused-ring (bicyclic) bond motifs is 1. The molecule has 2 aromatic carbocycles. The SMILES string of the molecule is C=S1CCc2nc(N3CCC(COCc4ccccc4)(c4ccc(Cl)cc4)CC3)nc(NC3(CO)CC3)c21. The highest BCUT2D eigenvalue weighted by Gasteiger charge is 2.44. The number of hydrogen-bond acceptors (Lipinski definition) is 6. The van der Waals surface area contributed by atoms with E-state index < -0.39 is 0 Å². The summed E-state index contributed by atoms with van der Waals surface area (Å²) in [5.41, 5.74) is 3.25. The molecule has 2 fully saturated rings. The number of ether oxygens (including phenoxy) is 1. The van der Waals surface area contributed by atoms with Gasteiger partial charge in [-0.1, -0.05) is 59.9 Å². The highest BCUT2D eigenvalue weighted by Crippen LogP contribution is 2.46. The Hall–Kier alpha value is -2.45. The molecule has 38 heavy (non-hydrogen) atoms. The van der Waals surface area contributed by atoms with Crippen LogP contribution >= 0.6 is 22.1 Å². The first-order chi connectivity index (χ1) is 18.5. The second-order valence-corrected chi connectivity index (χ2v) is 13.1. The van der Waals surface area contributed by atoms with Gasteiger partial charge in [-0.15, -0.1) is 0 Å². The second-order valence-electron chi connectivity index (χ2n) is 10.9. The van der Waals surface area contributed by atoms with Crippen molar-refractivity contribution in [2.45, 2.75) is 54.6 Å². The van der Waals surface area contributed by atoms with Gasteiger partial charge in [-0.2, -0.15) is 15.5 Å². The highest BCUT2D eigenvalue weighted by atomic mass is 35.5. The van der Waals surface area contributed by atoms with Crippen LogP contribution in [0.5, 0.6) is 0 Å². The molecule has 0 radical (unpaired) electrons. The Kier molecular flexibility index (Phi) is 7.20. The standard InChI is InChI=1S/C30H35ClN4O2S/c1-38-18-11-25-26(38)27(34-30(20-36)12-13-30)33-28(32-25)35-16-14-29(15-17-35,23-7-9-24(31)10-8-23)21-37-19-22-5-3-2-4-6-22/h2-10,36H,1,11-21H2,(H,32,33,34). The number of piperidine rings is 1. The number of aliphatic hydroxyl groups excluding tert-OH is 1. The summed E-state index contributed by atoms with van der Waals surface area (Å²) in [5, 5.41) is 14.3. The molecule has 3 aromatic rings. The van der Waals surface area contributed by atoms with Crippen molar-refractivity contribution in [2.75, 3.05) is 42.3 Å². The first-order valence-electron chi connectivity index (χ1n) is 13.4. The summed E-state index contributed by atoms with van der Waals surface area (Å²) >= 11 is 6.23. The lowest BCUT2D eigenvalue weighted by Crippen LogP contribution is -2.46. The number of halogens is 1. The predicted molar refractivity (Wildman–Crippen MR) is 157 cm³/mol. The average molecular weight is 551 g/mol. The van der Waals surface area contributed by atoms with Crippen LogP contribution < -0.4 is 10.2 Å². The van der Waals surface area contributed by atoms with Crippen LogP contribution in [-0.4, -0.2) is 58.5 Å². The third kappa shape index (κ3) is 5.22. The van der Waals surface area contributed by atoms with Crippen molar-refractivity contribution in [3.63, 3.8) is 0 Å². The molecular weight excluding hydrogens is 516 g/mol. The lowest BCUT2D eigenvalue weighted by Gasteiger charge is -2.42. The third-order valence-electron chi connectivity index (χ3n) is 8.29. The Balaban J connectivity index is 1.22. The van der Waals surface area contributed by atoms with Crippen LogP contribution in [0.4, 0.5) is 11.8 Å². The van der Waals surface area contributed by atoms with Crippen molar-refractivity contribution in [3.8, 4) is 0 Å². The second kappa shape index (κ2) is 10.6. The van der Waals surface area contributed by atoms with Gasteiger partial charge in [-0.3, -0.25) is 0 Å². The molecule has 1 atom stereocenters. The van der Waals surface area contributed by atoms with Crippen LogP contribution in [0.3, 0.4) is 0 Å². The number of aryl methyl sites for hydroxylation is 1. The monoisotopic (exact) mass is 550 g/mol. The zero-order valence-corrected chi connectivity index (χ0v) is 23.2. The first kappa shape index (κ1) is 25.8. The minimum atomic E-state index is -0.228. The Morgan fingerprint density at radius 1 is 1.03 bits per heavy atom. The predicted octanol–water partition coefficient (Wildman–Crippen LogP) is 5.44. The fourth-order valence-electron chi connectivity index (χ4n) is 5.62. The summed E-state index contributed by atoms with van der Waals surface area (Å²) in [6, 6.07) is 18.6. The fraction of sp³-hybridized carbons (Fsp3) is 0.433. The van der Waals surface area contributed by atoms with Crippen LogP contribution in [0.2, 0.25) is 5.02 Å². The zero-order chi connectivity index (χ0) is 26.2. The van der Waals surface area contributed by atoms with E-state index in [9.17, 15) is 5.11 Å². The maximum Gasteiger partial charge on any atom is 0.227 e. The number of benzene rings is 2. The maximum atomic E-state index is 9.93. The van der Waals surface area contributed by atoms with Crippen LogP contribution in [0.15, 0.2) is 59.5 Å². The minimum Gasteiger partial charge on any atom is -0.394 e. The molecule has 0 amide bonds. The van der Waals surface area contributed by atoms with E-state index in [2.05, 4.69) is 52.5 Å². The Bertz CT molecular complexity index is 1310. The van der Waals surface area contributed by atoms with Gasteiger partial charge in [0.2, 0.25) is 5.95 Å². The van der Waals surface area contributed by atoms with Gasteiger partial charge in [0.05, 0.1) is 35.9 Å². The normalized spacial score (nSPS) is 21.2. The molecule has 1 saturated carbocycles. The summed E-state index contributed by atoms with van der Waals surface area (Å²) in [4.78, 5) is 13.5. The van der Waals surface area contributed by atoms with Gasteiger partial charge < -0.3 is 20.1 Å². The number of anilines is 2. The molecule has 6 rings (SSSR count). The maximum absolute atomic E-state index is 9.93. The van der Waals surface area contributed by atoms with Gasteiger partial charge in [-0.25, -0.2) is 4.98 Å². The molecule has 3 heterocycles. The third-order valence-corrected chi connectivity index (χ3v) is 10.2. The van der Waals surface area contributed by atoms with Gasteiger partial charge >= 0.3 is 0 Å². The number of aromatic nitrogens is 2. The van der Waals surface area contributed by atoms with E-state index in [0.29, 0.717) is 13.2 Å². The molecule has 1 aromatic heterocycles.